The topological polar surface area (TPSA) is 46.5 Å². The molecule has 0 amide bonds. The molecule has 26 heavy (non-hydrogen) atoms. The molecule has 0 heterocycles. The minimum Gasteiger partial charge on any atom is -0.481 e. The number of allylic oxidation sites excluding steroid dienone is 1. The zero-order valence-corrected chi connectivity index (χ0v) is 17.3. The second kappa shape index (κ2) is 7.24. The van der Waals surface area contributed by atoms with Crippen molar-refractivity contribution in [3.05, 3.63) is 43.9 Å². The molecule has 1 aromatic carbocycles. The highest BCUT2D eigenvalue weighted by atomic mass is 79.9. The SMILES string of the molecule is COCc1c(F)c(F)c(C[C@@]2(C(=O)O)[C@@H](C=C(Br)Br)C2(C)C)c(F)c1F. The number of aliphatic carboxylic acids is 1. The molecular weight excluding hydrogens is 488 g/mol. The minimum absolute atomic E-state index is 0.472. The van der Waals surface area contributed by atoms with Gasteiger partial charge in [0.25, 0.3) is 0 Å². The number of carbonyl (C=O) groups is 1. The van der Waals surface area contributed by atoms with E-state index in [1.165, 1.54) is 0 Å². The molecule has 2 atom stereocenters. The highest BCUT2D eigenvalue weighted by Gasteiger charge is 2.74. The third kappa shape index (κ3) is 3.11. The summed E-state index contributed by atoms with van der Waals surface area (Å²) in [5.74, 6) is -8.25. The average Bonchev–Trinajstić information content (AvgIpc) is 3.01. The zero-order valence-electron chi connectivity index (χ0n) is 14.1. The molecule has 0 aliphatic heterocycles. The van der Waals surface area contributed by atoms with Crippen molar-refractivity contribution in [3.63, 3.8) is 0 Å². The van der Waals surface area contributed by atoms with Crippen LogP contribution in [0.3, 0.4) is 0 Å². The number of hydrogen-bond acceptors (Lipinski definition) is 2. The predicted octanol–water partition coefficient (Wildman–Crippen LogP) is 5.29. The van der Waals surface area contributed by atoms with Crippen LogP contribution in [-0.2, 0) is 22.6 Å². The van der Waals surface area contributed by atoms with Gasteiger partial charge in [-0.2, -0.15) is 0 Å². The normalized spacial score (nSPS) is 23.7. The maximum atomic E-state index is 14.4. The summed E-state index contributed by atoms with van der Waals surface area (Å²) in [6, 6.07) is 0. The summed E-state index contributed by atoms with van der Waals surface area (Å²) in [6.07, 6.45) is 0.860. The van der Waals surface area contributed by atoms with Crippen molar-refractivity contribution in [1.82, 2.24) is 0 Å². The van der Waals surface area contributed by atoms with Crippen LogP contribution in [0.4, 0.5) is 17.6 Å². The van der Waals surface area contributed by atoms with Gasteiger partial charge < -0.3 is 9.84 Å². The van der Waals surface area contributed by atoms with Crippen LogP contribution >= 0.6 is 31.9 Å². The summed E-state index contributed by atoms with van der Waals surface area (Å²) in [5.41, 5.74) is -4.28. The molecule has 9 heteroatoms. The van der Waals surface area contributed by atoms with Crippen molar-refractivity contribution >= 4 is 37.8 Å². The molecule has 0 saturated heterocycles. The van der Waals surface area contributed by atoms with Crippen LogP contribution in [0.25, 0.3) is 0 Å². The summed E-state index contributed by atoms with van der Waals surface area (Å²) in [7, 11) is 1.13. The van der Waals surface area contributed by atoms with E-state index >= 15 is 0 Å². The molecule has 0 aromatic heterocycles. The maximum Gasteiger partial charge on any atom is 0.311 e. The smallest absolute Gasteiger partial charge is 0.311 e. The molecule has 0 radical (unpaired) electrons. The standard InChI is InChI=1S/C17H16Br2F4O3/c1-16(2)9(4-10(18)19)17(16,15(24)25)5-7-11(20)13(22)8(6-26-3)14(23)12(7)21/h4,9H,5-6H2,1-3H3,(H,24,25)/t9-,17-/m0/s1. The Kier molecular flexibility index (Phi) is 5.95. The molecule has 1 saturated carbocycles. The monoisotopic (exact) mass is 502 g/mol. The van der Waals surface area contributed by atoms with Gasteiger partial charge in [0, 0.05) is 18.6 Å². The van der Waals surface area contributed by atoms with E-state index in [9.17, 15) is 27.5 Å². The average molecular weight is 504 g/mol. The number of halogens is 6. The van der Waals surface area contributed by atoms with Gasteiger partial charge in [0.1, 0.15) is 0 Å². The highest BCUT2D eigenvalue weighted by Crippen LogP contribution is 2.71. The minimum atomic E-state index is -1.61. The van der Waals surface area contributed by atoms with Gasteiger partial charge in [0.15, 0.2) is 23.3 Å². The van der Waals surface area contributed by atoms with Crippen LogP contribution in [0.15, 0.2) is 9.47 Å². The Morgan fingerprint density at radius 3 is 1.96 bits per heavy atom. The molecule has 1 aliphatic carbocycles. The Labute approximate surface area is 164 Å². The molecule has 3 nitrogen and oxygen atoms in total. The largest absolute Gasteiger partial charge is 0.481 e. The molecule has 0 bridgehead atoms. The second-order valence-corrected chi connectivity index (χ2v) is 9.53. The van der Waals surface area contributed by atoms with Crippen molar-refractivity contribution in [1.29, 1.82) is 0 Å². The Balaban J connectivity index is 2.60. The fourth-order valence-corrected chi connectivity index (χ4v) is 4.15. The fourth-order valence-electron chi connectivity index (χ4n) is 3.62. The van der Waals surface area contributed by atoms with Gasteiger partial charge in [0.05, 0.1) is 21.0 Å². The molecule has 144 valence electrons. The van der Waals surface area contributed by atoms with Crippen molar-refractivity contribution in [2.75, 3.05) is 7.11 Å². The molecule has 0 unspecified atom stereocenters. The van der Waals surface area contributed by atoms with Gasteiger partial charge in [-0.05, 0) is 43.7 Å². The van der Waals surface area contributed by atoms with Crippen LogP contribution in [-0.4, -0.2) is 18.2 Å². The second-order valence-electron chi connectivity index (χ2n) is 6.76. The van der Waals surface area contributed by atoms with Crippen LogP contribution in [0.1, 0.15) is 25.0 Å². The lowest BCUT2D eigenvalue weighted by molar-refractivity contribution is -0.145. The Bertz CT molecular complexity index is 762. The Hall–Kier alpha value is -0.930. The van der Waals surface area contributed by atoms with E-state index < -0.39 is 70.1 Å². The fraction of sp³-hybridized carbons (Fsp3) is 0.471. The first-order valence-corrected chi connectivity index (χ1v) is 9.10. The van der Waals surface area contributed by atoms with Gasteiger partial charge >= 0.3 is 5.97 Å². The van der Waals surface area contributed by atoms with Gasteiger partial charge in [0.2, 0.25) is 0 Å². The zero-order chi connectivity index (χ0) is 20.0. The lowest BCUT2D eigenvalue weighted by Gasteiger charge is -2.18. The number of hydrogen-bond donors (Lipinski definition) is 1. The van der Waals surface area contributed by atoms with Gasteiger partial charge in [-0.3, -0.25) is 4.79 Å². The third-order valence-corrected chi connectivity index (χ3v) is 5.77. The van der Waals surface area contributed by atoms with Gasteiger partial charge in [-0.15, -0.1) is 0 Å². The van der Waals surface area contributed by atoms with Crippen LogP contribution in [0.5, 0.6) is 0 Å². The first kappa shape index (κ1) is 21.4. The first-order chi connectivity index (χ1) is 11.9. The number of ether oxygens (including phenoxy) is 1. The van der Waals surface area contributed by atoms with Crippen LogP contribution in [0, 0.1) is 40.0 Å². The lowest BCUT2D eigenvalue weighted by Crippen LogP contribution is -2.26. The van der Waals surface area contributed by atoms with Crippen LogP contribution < -0.4 is 0 Å². The first-order valence-electron chi connectivity index (χ1n) is 7.52. The third-order valence-electron chi connectivity index (χ3n) is 5.24. The molecule has 0 spiro atoms. The van der Waals surface area contributed by atoms with Gasteiger partial charge in [-0.1, -0.05) is 19.9 Å². The quantitative estimate of drug-likeness (QED) is 0.424. The summed E-state index contributed by atoms with van der Waals surface area (Å²) >= 11 is 6.27. The summed E-state index contributed by atoms with van der Waals surface area (Å²) in [4.78, 5) is 11.9. The number of rotatable bonds is 6. The van der Waals surface area contributed by atoms with Crippen molar-refractivity contribution in [2.45, 2.75) is 26.9 Å². The number of carboxylic acids is 1. The van der Waals surface area contributed by atoms with Crippen molar-refractivity contribution in [2.24, 2.45) is 16.7 Å². The number of benzene rings is 1. The van der Waals surface area contributed by atoms with E-state index in [1.807, 2.05) is 0 Å². The summed E-state index contributed by atoms with van der Waals surface area (Å²) < 4.78 is 62.2. The molecule has 1 aromatic rings. The molecular formula is C17H16Br2F4O3. The van der Waals surface area contributed by atoms with E-state index in [2.05, 4.69) is 36.6 Å². The van der Waals surface area contributed by atoms with Crippen molar-refractivity contribution < 1.29 is 32.2 Å². The highest BCUT2D eigenvalue weighted by molar-refractivity contribution is 9.28. The van der Waals surface area contributed by atoms with E-state index in [0.29, 0.717) is 3.39 Å². The van der Waals surface area contributed by atoms with E-state index in [0.717, 1.165) is 7.11 Å². The summed E-state index contributed by atoms with van der Waals surface area (Å²) in [5, 5.41) is 9.73. The Morgan fingerprint density at radius 2 is 1.58 bits per heavy atom. The molecule has 1 fully saturated rings. The van der Waals surface area contributed by atoms with Crippen LogP contribution in [0.2, 0.25) is 0 Å². The van der Waals surface area contributed by atoms with Crippen molar-refractivity contribution in [3.8, 4) is 0 Å². The molecule has 1 aliphatic rings. The lowest BCUT2D eigenvalue weighted by atomic mass is 9.87. The summed E-state index contributed by atoms with van der Waals surface area (Å²) in [6.45, 7) is 2.59. The maximum absolute atomic E-state index is 14.4. The molecule has 1 N–H and O–H groups in total. The number of carboxylic acid groups (broad SMARTS) is 1. The van der Waals surface area contributed by atoms with E-state index in [-0.39, 0.29) is 0 Å². The van der Waals surface area contributed by atoms with E-state index in [1.54, 1.807) is 19.9 Å². The Morgan fingerprint density at radius 1 is 1.12 bits per heavy atom. The molecule has 2 rings (SSSR count). The predicted molar refractivity (Wildman–Crippen MR) is 94.0 cm³/mol. The number of methoxy groups -OCH3 is 1. The van der Waals surface area contributed by atoms with E-state index in [4.69, 9.17) is 0 Å². The van der Waals surface area contributed by atoms with Gasteiger partial charge in [-0.25, -0.2) is 17.6 Å².